The van der Waals surface area contributed by atoms with Crippen LogP contribution in [0.3, 0.4) is 0 Å². The molecule has 3 N–H and O–H groups in total. The van der Waals surface area contributed by atoms with E-state index in [0.717, 1.165) is 5.56 Å². The number of sulfonamides is 1. The molecule has 7 heteroatoms. The lowest BCUT2D eigenvalue weighted by atomic mass is 10.1. The van der Waals surface area contributed by atoms with Gasteiger partial charge in [0.2, 0.25) is 0 Å². The van der Waals surface area contributed by atoms with Gasteiger partial charge in [0.1, 0.15) is 0 Å². The van der Waals surface area contributed by atoms with Crippen LogP contribution in [-0.2, 0) is 16.6 Å². The summed E-state index contributed by atoms with van der Waals surface area (Å²) in [5.74, 6) is 4.72. The predicted octanol–water partition coefficient (Wildman–Crippen LogP) is 2.69. The van der Waals surface area contributed by atoms with E-state index in [1.807, 2.05) is 30.3 Å². The lowest BCUT2D eigenvalue weighted by Crippen LogP contribution is -2.35. The fourth-order valence-corrected chi connectivity index (χ4v) is 4.22. The van der Waals surface area contributed by atoms with E-state index in [1.54, 1.807) is 36.4 Å². The zero-order chi connectivity index (χ0) is 19.3. The fraction of sp³-hybridized carbons (Fsp3) is 0.0500. The summed E-state index contributed by atoms with van der Waals surface area (Å²) >= 11 is 0. The Kier molecular flexibility index (Phi) is 5.54. The second-order valence-corrected chi connectivity index (χ2v) is 7.66. The zero-order valence-electron chi connectivity index (χ0n) is 14.4. The Morgan fingerprint density at radius 1 is 0.852 bits per heavy atom. The van der Waals surface area contributed by atoms with Gasteiger partial charge in [-0.3, -0.25) is 14.5 Å². The molecule has 0 aliphatic heterocycles. The maximum Gasteiger partial charge on any atom is 0.267 e. The molecule has 3 aromatic rings. The molecule has 0 saturated carbocycles. The number of hydrogen-bond donors (Lipinski definition) is 2. The van der Waals surface area contributed by atoms with Crippen LogP contribution in [0.25, 0.3) is 0 Å². The Morgan fingerprint density at radius 3 is 2.04 bits per heavy atom. The first-order valence-electron chi connectivity index (χ1n) is 8.25. The monoisotopic (exact) mass is 381 g/mol. The van der Waals surface area contributed by atoms with Crippen molar-refractivity contribution >= 4 is 21.6 Å². The van der Waals surface area contributed by atoms with Gasteiger partial charge in [-0.15, -0.1) is 0 Å². The molecule has 0 aliphatic carbocycles. The molecule has 0 unspecified atom stereocenters. The molecule has 0 saturated heterocycles. The highest BCUT2D eigenvalue weighted by Crippen LogP contribution is 2.29. The normalized spacial score (nSPS) is 11.0. The zero-order valence-corrected chi connectivity index (χ0v) is 15.3. The predicted molar refractivity (Wildman–Crippen MR) is 104 cm³/mol. The van der Waals surface area contributed by atoms with Gasteiger partial charge in [-0.1, -0.05) is 60.7 Å². The average molecular weight is 381 g/mol. The van der Waals surface area contributed by atoms with Crippen molar-refractivity contribution in [2.24, 2.45) is 5.84 Å². The molecule has 0 atom stereocenters. The number of hydrazine groups is 1. The van der Waals surface area contributed by atoms with Crippen LogP contribution in [0.2, 0.25) is 0 Å². The van der Waals surface area contributed by atoms with Crippen molar-refractivity contribution in [1.29, 1.82) is 0 Å². The Labute approximate surface area is 158 Å². The third-order valence-electron chi connectivity index (χ3n) is 4.05. The summed E-state index contributed by atoms with van der Waals surface area (Å²) in [7, 11) is -3.90. The molecule has 3 aromatic carbocycles. The van der Waals surface area contributed by atoms with Gasteiger partial charge in [0.05, 0.1) is 22.7 Å². The van der Waals surface area contributed by atoms with E-state index < -0.39 is 15.9 Å². The average Bonchev–Trinajstić information content (AvgIpc) is 2.73. The molecule has 27 heavy (non-hydrogen) atoms. The Balaban J connectivity index is 2.16. The number of anilines is 1. The van der Waals surface area contributed by atoms with Gasteiger partial charge in [0.15, 0.2) is 0 Å². The van der Waals surface area contributed by atoms with Crippen molar-refractivity contribution in [3.05, 3.63) is 96.1 Å². The summed E-state index contributed by atoms with van der Waals surface area (Å²) in [6, 6.07) is 23.8. The van der Waals surface area contributed by atoms with Crippen molar-refractivity contribution in [2.45, 2.75) is 11.4 Å². The third-order valence-corrected chi connectivity index (χ3v) is 5.82. The fourth-order valence-electron chi connectivity index (χ4n) is 2.73. The molecule has 138 valence electrons. The summed E-state index contributed by atoms with van der Waals surface area (Å²) in [6.45, 7) is 0.0763. The number of nitrogen functional groups attached to an aromatic ring is 1. The molecule has 0 bridgehead atoms. The molecular formula is C20H19N3O3S. The summed E-state index contributed by atoms with van der Waals surface area (Å²) < 4.78 is 28.0. The quantitative estimate of drug-likeness (QED) is 0.390. The molecule has 0 aromatic heterocycles. The number of nitrogens with zero attached hydrogens (tertiary/aromatic N) is 1. The van der Waals surface area contributed by atoms with Gasteiger partial charge in [-0.2, -0.15) is 0 Å². The number of carbonyl (C=O) groups excluding carboxylic acids is 1. The smallest absolute Gasteiger partial charge is 0.267 e. The number of nitrogens with two attached hydrogens (primary N) is 1. The lowest BCUT2D eigenvalue weighted by Gasteiger charge is -2.26. The van der Waals surface area contributed by atoms with E-state index in [0.29, 0.717) is 0 Å². The molecule has 0 aliphatic rings. The number of para-hydroxylation sites is 1. The Bertz CT molecular complexity index is 1020. The first-order valence-corrected chi connectivity index (χ1v) is 9.69. The van der Waals surface area contributed by atoms with Crippen LogP contribution in [0.4, 0.5) is 5.69 Å². The van der Waals surface area contributed by atoms with Crippen molar-refractivity contribution in [3.63, 3.8) is 0 Å². The first-order chi connectivity index (χ1) is 13.0. The second kappa shape index (κ2) is 8.03. The van der Waals surface area contributed by atoms with E-state index in [9.17, 15) is 13.2 Å². The maximum atomic E-state index is 13.4. The first kappa shape index (κ1) is 18.6. The minimum Gasteiger partial charge on any atom is -0.290 e. The van der Waals surface area contributed by atoms with Crippen LogP contribution in [-0.4, -0.2) is 14.3 Å². The maximum absolute atomic E-state index is 13.4. The van der Waals surface area contributed by atoms with Crippen molar-refractivity contribution in [3.8, 4) is 0 Å². The van der Waals surface area contributed by atoms with Crippen LogP contribution in [0.5, 0.6) is 0 Å². The minimum atomic E-state index is -3.90. The molecular weight excluding hydrogens is 362 g/mol. The molecule has 0 fully saturated rings. The van der Waals surface area contributed by atoms with Crippen molar-refractivity contribution in [2.75, 3.05) is 4.31 Å². The highest BCUT2D eigenvalue weighted by atomic mass is 32.2. The number of rotatable bonds is 6. The van der Waals surface area contributed by atoms with Gasteiger partial charge in [-0.05, 0) is 29.8 Å². The van der Waals surface area contributed by atoms with E-state index in [4.69, 9.17) is 5.84 Å². The summed E-state index contributed by atoms with van der Waals surface area (Å²) in [5.41, 5.74) is 3.30. The lowest BCUT2D eigenvalue weighted by molar-refractivity contribution is 0.0954. The number of hydrogen-bond acceptors (Lipinski definition) is 4. The molecule has 0 radical (unpaired) electrons. The highest BCUT2D eigenvalue weighted by Gasteiger charge is 2.28. The largest absolute Gasteiger partial charge is 0.290 e. The SMILES string of the molecule is NNC(=O)c1ccccc1N(Cc1ccccc1)S(=O)(=O)c1ccccc1. The van der Waals surface area contributed by atoms with Gasteiger partial charge in [-0.25, -0.2) is 14.3 Å². The van der Waals surface area contributed by atoms with E-state index in [-0.39, 0.29) is 22.7 Å². The third kappa shape index (κ3) is 3.99. The van der Waals surface area contributed by atoms with Crippen LogP contribution in [0.15, 0.2) is 89.8 Å². The molecule has 3 rings (SSSR count). The number of benzene rings is 3. The van der Waals surface area contributed by atoms with Crippen LogP contribution >= 0.6 is 0 Å². The van der Waals surface area contributed by atoms with Gasteiger partial charge >= 0.3 is 0 Å². The number of amides is 1. The molecule has 0 heterocycles. The van der Waals surface area contributed by atoms with Gasteiger partial charge < -0.3 is 0 Å². The van der Waals surface area contributed by atoms with Gasteiger partial charge in [0, 0.05) is 0 Å². The Hall–Kier alpha value is -3.16. The number of nitrogens with one attached hydrogen (secondary N) is 1. The van der Waals surface area contributed by atoms with Crippen LogP contribution in [0.1, 0.15) is 15.9 Å². The Morgan fingerprint density at radius 2 is 1.41 bits per heavy atom. The second-order valence-electron chi connectivity index (χ2n) is 5.80. The summed E-state index contributed by atoms with van der Waals surface area (Å²) in [4.78, 5) is 12.3. The minimum absolute atomic E-state index is 0.0763. The molecule has 6 nitrogen and oxygen atoms in total. The van der Waals surface area contributed by atoms with Crippen LogP contribution in [0, 0.1) is 0 Å². The van der Waals surface area contributed by atoms with Crippen LogP contribution < -0.4 is 15.6 Å². The summed E-state index contributed by atoms with van der Waals surface area (Å²) in [6.07, 6.45) is 0. The van der Waals surface area contributed by atoms with Crippen molar-refractivity contribution < 1.29 is 13.2 Å². The van der Waals surface area contributed by atoms with E-state index >= 15 is 0 Å². The van der Waals surface area contributed by atoms with E-state index in [1.165, 1.54) is 22.5 Å². The molecule has 1 amide bonds. The number of carbonyl (C=O) groups is 1. The standard InChI is InChI=1S/C20H19N3O3S/c21-22-20(24)18-13-7-8-14-19(18)23(15-16-9-3-1-4-10-16)27(25,26)17-11-5-2-6-12-17/h1-14H,15,21H2,(H,22,24). The van der Waals surface area contributed by atoms with Gasteiger partial charge in [0.25, 0.3) is 15.9 Å². The van der Waals surface area contributed by atoms with E-state index in [2.05, 4.69) is 5.43 Å². The molecule has 0 spiro atoms. The highest BCUT2D eigenvalue weighted by molar-refractivity contribution is 7.92. The summed E-state index contributed by atoms with van der Waals surface area (Å²) in [5, 5.41) is 0. The topological polar surface area (TPSA) is 92.5 Å². The van der Waals surface area contributed by atoms with Crippen molar-refractivity contribution in [1.82, 2.24) is 5.43 Å².